The van der Waals surface area contributed by atoms with Crippen molar-refractivity contribution in [3.63, 3.8) is 0 Å². The van der Waals surface area contributed by atoms with Gasteiger partial charge in [-0.25, -0.2) is 0 Å². The summed E-state index contributed by atoms with van der Waals surface area (Å²) in [5.74, 6) is 0.426. The fourth-order valence-electron chi connectivity index (χ4n) is 3.90. The predicted octanol–water partition coefficient (Wildman–Crippen LogP) is 2.76. The van der Waals surface area contributed by atoms with Gasteiger partial charge in [-0.3, -0.25) is 9.69 Å². The zero-order valence-corrected chi connectivity index (χ0v) is 15.0. The smallest absolute Gasteiger partial charge is 0.256 e. The Morgan fingerprint density at radius 3 is 2.38 bits per heavy atom. The molecule has 2 heterocycles. The van der Waals surface area contributed by atoms with Gasteiger partial charge in [0.05, 0.1) is 0 Å². The van der Waals surface area contributed by atoms with E-state index in [2.05, 4.69) is 43.0 Å². The zero-order chi connectivity index (χ0) is 17.2. The molecular formula is C20H30N2O2. The van der Waals surface area contributed by atoms with E-state index in [-0.39, 0.29) is 5.91 Å². The first kappa shape index (κ1) is 17.4. The van der Waals surface area contributed by atoms with E-state index in [1.165, 1.54) is 18.4 Å². The van der Waals surface area contributed by atoms with Crippen molar-refractivity contribution in [2.45, 2.75) is 57.6 Å². The zero-order valence-electron chi connectivity index (χ0n) is 15.0. The van der Waals surface area contributed by atoms with Gasteiger partial charge in [0.2, 0.25) is 0 Å². The van der Waals surface area contributed by atoms with Gasteiger partial charge in [-0.2, -0.15) is 0 Å². The van der Waals surface area contributed by atoms with Crippen molar-refractivity contribution in [1.82, 2.24) is 9.80 Å². The summed E-state index contributed by atoms with van der Waals surface area (Å²) >= 11 is 0. The van der Waals surface area contributed by atoms with E-state index in [1.807, 2.05) is 4.90 Å². The van der Waals surface area contributed by atoms with Crippen LogP contribution in [0.3, 0.4) is 0 Å². The van der Waals surface area contributed by atoms with E-state index in [9.17, 15) is 9.90 Å². The Balaban J connectivity index is 1.65. The number of nitrogens with zero attached hydrogens (tertiary/aromatic N) is 2. The molecule has 0 radical (unpaired) electrons. The molecule has 4 nitrogen and oxygen atoms in total. The molecule has 0 saturated carbocycles. The minimum absolute atomic E-state index is 0.0893. The van der Waals surface area contributed by atoms with Crippen LogP contribution in [0.15, 0.2) is 24.3 Å². The Kier molecular flexibility index (Phi) is 5.26. The first-order valence-corrected chi connectivity index (χ1v) is 9.31. The quantitative estimate of drug-likeness (QED) is 0.903. The summed E-state index contributed by atoms with van der Waals surface area (Å²) < 4.78 is 0. The minimum atomic E-state index is -1.19. The van der Waals surface area contributed by atoms with Gasteiger partial charge in [-0.1, -0.05) is 38.1 Å². The molecule has 0 spiro atoms. The molecule has 2 saturated heterocycles. The molecule has 0 aromatic heterocycles. The van der Waals surface area contributed by atoms with E-state index in [0.717, 1.165) is 31.6 Å². The third kappa shape index (κ3) is 3.81. The number of benzene rings is 1. The Labute approximate surface area is 145 Å². The van der Waals surface area contributed by atoms with Crippen LogP contribution in [0.1, 0.15) is 56.6 Å². The van der Waals surface area contributed by atoms with E-state index in [4.69, 9.17) is 0 Å². The van der Waals surface area contributed by atoms with Crippen LogP contribution in [-0.2, 0) is 11.3 Å². The second-order valence-electron chi connectivity index (χ2n) is 7.74. The van der Waals surface area contributed by atoms with Crippen molar-refractivity contribution < 1.29 is 9.90 Å². The number of carbonyl (C=O) groups excluding carboxylic acids is 1. The Bertz CT molecular complexity index is 564. The maximum Gasteiger partial charge on any atom is 0.256 e. The Hall–Kier alpha value is -1.39. The van der Waals surface area contributed by atoms with Crippen molar-refractivity contribution in [2.75, 3.05) is 26.2 Å². The SMILES string of the molecule is CC(C)c1ccc(CN2CCCC(O)(CN3CCCC3)C2=O)cc1. The van der Waals surface area contributed by atoms with Crippen LogP contribution in [0.25, 0.3) is 0 Å². The fraction of sp³-hybridized carbons (Fsp3) is 0.650. The van der Waals surface area contributed by atoms with E-state index < -0.39 is 5.60 Å². The lowest BCUT2D eigenvalue weighted by atomic mass is 9.90. The predicted molar refractivity (Wildman–Crippen MR) is 95.8 cm³/mol. The minimum Gasteiger partial charge on any atom is -0.379 e. The van der Waals surface area contributed by atoms with Crippen LogP contribution in [0, 0.1) is 0 Å². The fourth-order valence-corrected chi connectivity index (χ4v) is 3.90. The van der Waals surface area contributed by atoms with Crippen LogP contribution < -0.4 is 0 Å². The third-order valence-electron chi connectivity index (χ3n) is 5.41. The van der Waals surface area contributed by atoms with E-state index >= 15 is 0 Å². The number of rotatable bonds is 5. The maximum atomic E-state index is 12.9. The number of piperidine rings is 1. The topological polar surface area (TPSA) is 43.8 Å². The van der Waals surface area contributed by atoms with Crippen molar-refractivity contribution in [2.24, 2.45) is 0 Å². The molecule has 2 aliphatic heterocycles. The van der Waals surface area contributed by atoms with Gasteiger partial charge in [-0.05, 0) is 55.8 Å². The standard InChI is InChI=1S/C20H30N2O2/c1-16(2)18-8-6-17(7-9-18)14-22-13-5-10-20(24,19(22)23)15-21-11-3-4-12-21/h6-9,16,24H,3-5,10-15H2,1-2H3. The summed E-state index contributed by atoms with van der Waals surface area (Å²) in [5, 5.41) is 10.9. The first-order chi connectivity index (χ1) is 11.5. The summed E-state index contributed by atoms with van der Waals surface area (Å²) in [7, 11) is 0. The second kappa shape index (κ2) is 7.24. The number of amides is 1. The lowest BCUT2D eigenvalue weighted by Gasteiger charge is -2.40. The number of β-amino-alcohol motifs (C(OH)–C–C–N with tert-alkyl or cyclic N) is 1. The number of aliphatic hydroxyl groups is 1. The van der Waals surface area contributed by atoms with Crippen molar-refractivity contribution in [3.05, 3.63) is 35.4 Å². The van der Waals surface area contributed by atoms with E-state index in [0.29, 0.717) is 25.4 Å². The summed E-state index contributed by atoms with van der Waals surface area (Å²) in [4.78, 5) is 16.9. The lowest BCUT2D eigenvalue weighted by molar-refractivity contribution is -0.159. The molecule has 1 atom stereocenters. The number of carbonyl (C=O) groups is 1. The summed E-state index contributed by atoms with van der Waals surface area (Å²) in [6.45, 7) is 8.21. The first-order valence-electron chi connectivity index (χ1n) is 9.31. The molecule has 1 unspecified atom stereocenters. The highest BCUT2D eigenvalue weighted by Gasteiger charge is 2.43. The van der Waals surface area contributed by atoms with Gasteiger partial charge < -0.3 is 10.0 Å². The van der Waals surface area contributed by atoms with E-state index in [1.54, 1.807) is 0 Å². The molecule has 0 bridgehead atoms. The van der Waals surface area contributed by atoms with Crippen LogP contribution in [-0.4, -0.2) is 52.6 Å². The molecule has 1 aromatic carbocycles. The average molecular weight is 330 g/mol. The van der Waals surface area contributed by atoms with Gasteiger partial charge >= 0.3 is 0 Å². The van der Waals surface area contributed by atoms with Crippen LogP contribution in [0.5, 0.6) is 0 Å². The second-order valence-corrected chi connectivity index (χ2v) is 7.74. The summed E-state index contributed by atoms with van der Waals surface area (Å²) in [6, 6.07) is 8.50. The van der Waals surface area contributed by atoms with Crippen molar-refractivity contribution in [3.8, 4) is 0 Å². The van der Waals surface area contributed by atoms with Crippen LogP contribution in [0.4, 0.5) is 0 Å². The third-order valence-corrected chi connectivity index (χ3v) is 5.41. The highest BCUT2D eigenvalue weighted by Crippen LogP contribution is 2.27. The molecule has 132 valence electrons. The molecule has 1 aromatic rings. The van der Waals surface area contributed by atoms with Crippen LogP contribution >= 0.6 is 0 Å². The number of hydrogen-bond donors (Lipinski definition) is 1. The molecule has 1 N–H and O–H groups in total. The molecule has 4 heteroatoms. The normalized spacial score (nSPS) is 25.7. The van der Waals surface area contributed by atoms with Crippen molar-refractivity contribution in [1.29, 1.82) is 0 Å². The highest BCUT2D eigenvalue weighted by atomic mass is 16.3. The molecule has 1 amide bonds. The number of hydrogen-bond acceptors (Lipinski definition) is 3. The largest absolute Gasteiger partial charge is 0.379 e. The summed E-state index contributed by atoms with van der Waals surface area (Å²) in [5.41, 5.74) is 1.26. The molecular weight excluding hydrogens is 300 g/mol. The average Bonchev–Trinajstić information content (AvgIpc) is 3.05. The molecule has 24 heavy (non-hydrogen) atoms. The summed E-state index contributed by atoms with van der Waals surface area (Å²) in [6.07, 6.45) is 3.82. The lowest BCUT2D eigenvalue weighted by Crippen LogP contribution is -2.58. The Morgan fingerprint density at radius 2 is 1.75 bits per heavy atom. The van der Waals surface area contributed by atoms with Gasteiger partial charge in [0, 0.05) is 19.6 Å². The van der Waals surface area contributed by atoms with Gasteiger partial charge in [0.15, 0.2) is 5.60 Å². The molecule has 2 fully saturated rings. The Morgan fingerprint density at radius 1 is 1.08 bits per heavy atom. The molecule has 3 rings (SSSR count). The molecule has 2 aliphatic rings. The van der Waals surface area contributed by atoms with Crippen molar-refractivity contribution >= 4 is 5.91 Å². The van der Waals surface area contributed by atoms with Gasteiger partial charge in [0.25, 0.3) is 5.91 Å². The molecule has 0 aliphatic carbocycles. The monoisotopic (exact) mass is 330 g/mol. The maximum absolute atomic E-state index is 12.9. The van der Waals surface area contributed by atoms with Gasteiger partial charge in [-0.15, -0.1) is 0 Å². The van der Waals surface area contributed by atoms with Gasteiger partial charge in [0.1, 0.15) is 0 Å². The highest BCUT2D eigenvalue weighted by molar-refractivity contribution is 5.86. The van der Waals surface area contributed by atoms with Crippen LogP contribution in [0.2, 0.25) is 0 Å². The number of likely N-dealkylation sites (tertiary alicyclic amines) is 2.